The van der Waals surface area contributed by atoms with Gasteiger partial charge in [-0.25, -0.2) is 4.79 Å². The lowest BCUT2D eigenvalue weighted by Crippen LogP contribution is -2.39. The molecule has 4 nitrogen and oxygen atoms in total. The van der Waals surface area contributed by atoms with Gasteiger partial charge in [0.25, 0.3) is 0 Å². The van der Waals surface area contributed by atoms with Crippen LogP contribution in [0.2, 0.25) is 0 Å². The van der Waals surface area contributed by atoms with Crippen LogP contribution < -0.4 is 0 Å². The molecule has 1 fully saturated rings. The molecule has 90 valence electrons. The van der Waals surface area contributed by atoms with Gasteiger partial charge in [-0.3, -0.25) is 0 Å². The maximum atomic E-state index is 11.3. The lowest BCUT2D eigenvalue weighted by Gasteiger charge is -2.33. The molecular weight excluding hydrogens is 206 g/mol. The van der Waals surface area contributed by atoms with Gasteiger partial charge in [0.15, 0.2) is 0 Å². The Morgan fingerprint density at radius 3 is 2.56 bits per heavy atom. The summed E-state index contributed by atoms with van der Waals surface area (Å²) in [7, 11) is 0. The van der Waals surface area contributed by atoms with Crippen LogP contribution in [0.3, 0.4) is 0 Å². The normalized spacial score (nSPS) is 20.6. The molecule has 1 aliphatic carbocycles. The zero-order valence-electron chi connectivity index (χ0n) is 9.99. The Hall–Kier alpha value is -1.24. The maximum absolute atomic E-state index is 11.3. The highest BCUT2D eigenvalue weighted by molar-refractivity contribution is 5.61. The quantitative estimate of drug-likeness (QED) is 0.693. The predicted octanol–water partition coefficient (Wildman–Crippen LogP) is 3.02. The third-order valence-corrected chi connectivity index (χ3v) is 3.16. The molecule has 0 aromatic rings. The summed E-state index contributed by atoms with van der Waals surface area (Å²) in [6.45, 7) is 3.66. The highest BCUT2D eigenvalue weighted by atomic mass is 16.7. The molecule has 1 rings (SSSR count). The van der Waals surface area contributed by atoms with E-state index < -0.39 is 11.8 Å². The minimum atomic E-state index is -1.04. The Balaban J connectivity index is 2.61. The maximum Gasteiger partial charge on any atom is 0.509 e. The van der Waals surface area contributed by atoms with Crippen molar-refractivity contribution >= 4 is 6.16 Å². The van der Waals surface area contributed by atoms with Crippen LogP contribution in [0.1, 0.15) is 46.0 Å². The lowest BCUT2D eigenvalue weighted by atomic mass is 9.78. The number of carbonyl (C=O) groups excluding carboxylic acids is 1. The molecular formula is C12H19NO3. The summed E-state index contributed by atoms with van der Waals surface area (Å²) >= 11 is 0. The van der Waals surface area contributed by atoms with Crippen molar-refractivity contribution in [3.05, 3.63) is 0 Å². The Morgan fingerprint density at radius 1 is 1.44 bits per heavy atom. The fourth-order valence-corrected chi connectivity index (χ4v) is 2.17. The largest absolute Gasteiger partial charge is 0.509 e. The second-order valence-electron chi connectivity index (χ2n) is 4.34. The van der Waals surface area contributed by atoms with Gasteiger partial charge in [0, 0.05) is 5.92 Å². The number of carbonyl (C=O) groups is 1. The Bertz CT molecular complexity index is 278. The highest BCUT2D eigenvalue weighted by Gasteiger charge is 2.39. The molecule has 1 aliphatic rings. The number of rotatable bonds is 3. The van der Waals surface area contributed by atoms with Crippen molar-refractivity contribution in [3.63, 3.8) is 0 Å². The van der Waals surface area contributed by atoms with E-state index in [1.54, 1.807) is 13.8 Å². The summed E-state index contributed by atoms with van der Waals surface area (Å²) in [6.07, 6.45) is 4.57. The molecule has 4 heteroatoms. The van der Waals surface area contributed by atoms with Gasteiger partial charge >= 0.3 is 6.16 Å². The standard InChI is InChI=1S/C12H19NO3/c1-3-15-11(14)16-12(2,9-13)10-7-5-4-6-8-10/h10H,3-8H2,1-2H3. The molecule has 0 amide bonds. The summed E-state index contributed by atoms with van der Waals surface area (Å²) in [5.41, 5.74) is -1.04. The van der Waals surface area contributed by atoms with Gasteiger partial charge in [0.05, 0.1) is 6.61 Å². The van der Waals surface area contributed by atoms with Gasteiger partial charge in [0.1, 0.15) is 6.07 Å². The molecule has 0 heterocycles. The summed E-state index contributed by atoms with van der Waals surface area (Å²) in [6, 6.07) is 2.11. The molecule has 1 atom stereocenters. The van der Waals surface area contributed by atoms with Gasteiger partial charge in [-0.2, -0.15) is 5.26 Å². The lowest BCUT2D eigenvalue weighted by molar-refractivity contribution is -0.0323. The van der Waals surface area contributed by atoms with Crippen LogP contribution in [-0.2, 0) is 9.47 Å². The van der Waals surface area contributed by atoms with Crippen molar-refractivity contribution in [1.82, 2.24) is 0 Å². The smallest absolute Gasteiger partial charge is 0.435 e. The zero-order chi connectivity index (χ0) is 12.0. The Kier molecular flexibility index (Phi) is 4.60. The molecule has 0 N–H and O–H groups in total. The summed E-state index contributed by atoms with van der Waals surface area (Å²) in [5.74, 6) is 0.135. The third-order valence-electron chi connectivity index (χ3n) is 3.16. The number of nitrogens with zero attached hydrogens (tertiary/aromatic N) is 1. The van der Waals surface area contributed by atoms with Crippen molar-refractivity contribution in [2.75, 3.05) is 6.61 Å². The first-order valence-corrected chi connectivity index (χ1v) is 5.89. The number of nitriles is 1. The molecule has 0 aromatic heterocycles. The highest BCUT2D eigenvalue weighted by Crippen LogP contribution is 2.34. The van der Waals surface area contributed by atoms with Gasteiger partial charge in [0.2, 0.25) is 5.60 Å². The first kappa shape index (κ1) is 12.8. The van der Waals surface area contributed by atoms with Crippen LogP contribution in [0.15, 0.2) is 0 Å². The second-order valence-corrected chi connectivity index (χ2v) is 4.34. The van der Waals surface area contributed by atoms with Crippen LogP contribution in [0, 0.1) is 17.2 Å². The molecule has 0 radical (unpaired) electrons. The second kappa shape index (κ2) is 5.74. The number of ether oxygens (including phenoxy) is 2. The van der Waals surface area contributed by atoms with Crippen molar-refractivity contribution in [2.24, 2.45) is 5.92 Å². The van der Waals surface area contributed by atoms with Gasteiger partial charge in [-0.15, -0.1) is 0 Å². The van der Waals surface area contributed by atoms with Gasteiger partial charge in [-0.05, 0) is 26.7 Å². The number of hydrogen-bond donors (Lipinski definition) is 0. The Morgan fingerprint density at radius 2 is 2.06 bits per heavy atom. The van der Waals surface area contributed by atoms with Gasteiger partial charge in [-0.1, -0.05) is 19.3 Å². The van der Waals surface area contributed by atoms with Gasteiger partial charge < -0.3 is 9.47 Å². The van der Waals surface area contributed by atoms with Crippen molar-refractivity contribution in [2.45, 2.75) is 51.6 Å². The molecule has 0 aliphatic heterocycles. The fourth-order valence-electron chi connectivity index (χ4n) is 2.17. The first-order valence-electron chi connectivity index (χ1n) is 5.89. The molecule has 1 saturated carbocycles. The van der Waals surface area contributed by atoms with Crippen molar-refractivity contribution < 1.29 is 14.3 Å². The van der Waals surface area contributed by atoms with Crippen LogP contribution in [0.5, 0.6) is 0 Å². The predicted molar refractivity (Wildman–Crippen MR) is 58.7 cm³/mol. The SMILES string of the molecule is CCOC(=O)OC(C)(C#N)C1CCCCC1. The van der Waals surface area contributed by atoms with E-state index in [0.717, 1.165) is 25.7 Å². The molecule has 16 heavy (non-hydrogen) atoms. The average Bonchev–Trinajstić information content (AvgIpc) is 2.30. The van der Waals surface area contributed by atoms with E-state index in [4.69, 9.17) is 9.47 Å². The summed E-state index contributed by atoms with van der Waals surface area (Å²) < 4.78 is 9.86. The van der Waals surface area contributed by atoms with Crippen LogP contribution in [0.25, 0.3) is 0 Å². The monoisotopic (exact) mass is 225 g/mol. The number of hydrogen-bond acceptors (Lipinski definition) is 4. The minimum Gasteiger partial charge on any atom is -0.435 e. The van der Waals surface area contributed by atoms with E-state index in [9.17, 15) is 10.1 Å². The fraction of sp³-hybridized carbons (Fsp3) is 0.833. The van der Waals surface area contributed by atoms with E-state index >= 15 is 0 Å². The van der Waals surface area contributed by atoms with Crippen molar-refractivity contribution in [3.8, 4) is 6.07 Å². The van der Waals surface area contributed by atoms with E-state index in [0.29, 0.717) is 0 Å². The zero-order valence-corrected chi connectivity index (χ0v) is 9.99. The van der Waals surface area contributed by atoms with Crippen LogP contribution >= 0.6 is 0 Å². The van der Waals surface area contributed by atoms with E-state index in [-0.39, 0.29) is 12.5 Å². The summed E-state index contributed by atoms with van der Waals surface area (Å²) in [4.78, 5) is 11.3. The first-order chi connectivity index (χ1) is 7.62. The van der Waals surface area contributed by atoms with Crippen LogP contribution in [-0.4, -0.2) is 18.4 Å². The topological polar surface area (TPSA) is 59.3 Å². The van der Waals surface area contributed by atoms with E-state index in [2.05, 4.69) is 6.07 Å². The molecule has 0 bridgehead atoms. The van der Waals surface area contributed by atoms with Crippen molar-refractivity contribution in [1.29, 1.82) is 5.26 Å². The molecule has 0 saturated heterocycles. The third kappa shape index (κ3) is 3.13. The Labute approximate surface area is 96.5 Å². The molecule has 0 spiro atoms. The average molecular weight is 225 g/mol. The van der Waals surface area contributed by atoms with E-state index in [1.807, 2.05) is 0 Å². The minimum absolute atomic E-state index is 0.135. The molecule has 0 aromatic carbocycles. The molecule has 1 unspecified atom stereocenters. The van der Waals surface area contributed by atoms with Crippen LogP contribution in [0.4, 0.5) is 4.79 Å². The summed E-state index contributed by atoms with van der Waals surface area (Å²) in [5, 5.41) is 9.17. The van der Waals surface area contributed by atoms with E-state index in [1.165, 1.54) is 6.42 Å².